The van der Waals surface area contributed by atoms with E-state index >= 15 is 0 Å². The first-order valence-electron chi connectivity index (χ1n) is 6.19. The maximum atomic E-state index is 12.2. The van der Waals surface area contributed by atoms with Crippen LogP contribution in [0.3, 0.4) is 0 Å². The minimum atomic E-state index is -1.09. The Morgan fingerprint density at radius 3 is 3.00 bits per heavy atom. The van der Waals surface area contributed by atoms with E-state index in [2.05, 4.69) is 20.9 Å². The van der Waals surface area contributed by atoms with Crippen molar-refractivity contribution in [2.75, 3.05) is 6.54 Å². The summed E-state index contributed by atoms with van der Waals surface area (Å²) in [6, 6.07) is 5.82. The van der Waals surface area contributed by atoms with E-state index < -0.39 is 12.5 Å². The minimum absolute atomic E-state index is 0.264. The number of carboxylic acids is 1. The van der Waals surface area contributed by atoms with Gasteiger partial charge in [-0.15, -0.1) is 0 Å². The molecule has 0 atom stereocenters. The van der Waals surface area contributed by atoms with E-state index in [1.54, 1.807) is 12.3 Å². The number of benzene rings is 1. The molecule has 0 bridgehead atoms. The first-order valence-corrected chi connectivity index (χ1v) is 8.21. The molecule has 1 amide bonds. The second-order valence-corrected chi connectivity index (χ2v) is 7.19. The molecule has 0 radical (unpaired) electrons. The van der Waals surface area contributed by atoms with Crippen LogP contribution in [-0.2, 0) is 9.59 Å². The van der Waals surface area contributed by atoms with Crippen molar-refractivity contribution >= 4 is 73.1 Å². The largest absolute Gasteiger partial charge is 0.480 e. The van der Waals surface area contributed by atoms with E-state index in [0.717, 1.165) is 37.6 Å². The van der Waals surface area contributed by atoms with Crippen LogP contribution in [0.1, 0.15) is 5.56 Å². The average molecular weight is 397 g/mol. The highest BCUT2D eigenvalue weighted by molar-refractivity contribution is 9.10. The summed E-state index contributed by atoms with van der Waals surface area (Å²) in [7, 11) is 0. The molecule has 2 heterocycles. The topological polar surface area (TPSA) is 73.4 Å². The fourth-order valence-electron chi connectivity index (χ4n) is 2.15. The third-order valence-corrected chi connectivity index (χ3v) is 5.00. The van der Waals surface area contributed by atoms with Crippen molar-refractivity contribution in [2.24, 2.45) is 0 Å². The Kier molecular flexibility index (Phi) is 4.07. The predicted octanol–water partition coefficient (Wildman–Crippen LogP) is 3.22. The zero-order valence-corrected chi connectivity index (χ0v) is 14.2. The van der Waals surface area contributed by atoms with Crippen LogP contribution in [0.5, 0.6) is 0 Å². The molecule has 2 N–H and O–H groups in total. The number of amides is 1. The molecule has 8 heteroatoms. The molecule has 0 saturated carbocycles. The van der Waals surface area contributed by atoms with Crippen LogP contribution in [0.25, 0.3) is 17.0 Å². The molecule has 1 fully saturated rings. The van der Waals surface area contributed by atoms with E-state index in [0.29, 0.717) is 4.91 Å². The highest BCUT2D eigenvalue weighted by atomic mass is 79.9. The predicted molar refractivity (Wildman–Crippen MR) is 93.5 cm³/mol. The van der Waals surface area contributed by atoms with Gasteiger partial charge >= 0.3 is 5.97 Å². The number of aromatic nitrogens is 1. The van der Waals surface area contributed by atoms with Gasteiger partial charge in [0.25, 0.3) is 5.91 Å². The Morgan fingerprint density at radius 1 is 1.50 bits per heavy atom. The van der Waals surface area contributed by atoms with Gasteiger partial charge in [0, 0.05) is 27.1 Å². The first kappa shape index (κ1) is 15.3. The summed E-state index contributed by atoms with van der Waals surface area (Å²) in [4.78, 5) is 27.7. The summed E-state index contributed by atoms with van der Waals surface area (Å²) in [5.74, 6) is -1.46. The number of hydrogen-bond acceptors (Lipinski definition) is 4. The molecule has 1 aliphatic heterocycles. The van der Waals surface area contributed by atoms with E-state index in [9.17, 15) is 9.59 Å². The van der Waals surface area contributed by atoms with E-state index in [-0.39, 0.29) is 10.2 Å². The fourth-order valence-corrected chi connectivity index (χ4v) is 3.75. The molecule has 3 rings (SSSR count). The Bertz CT molecular complexity index is 844. The van der Waals surface area contributed by atoms with Crippen molar-refractivity contribution in [3.63, 3.8) is 0 Å². The van der Waals surface area contributed by atoms with E-state index in [1.807, 2.05) is 18.2 Å². The fraction of sp³-hybridized carbons (Fsp3) is 0.0714. The van der Waals surface area contributed by atoms with Crippen molar-refractivity contribution in [2.45, 2.75) is 0 Å². The van der Waals surface area contributed by atoms with Gasteiger partial charge in [-0.05, 0) is 24.3 Å². The molecule has 2 aromatic rings. The quantitative estimate of drug-likeness (QED) is 0.615. The Balaban J connectivity index is 1.98. The molecule has 22 heavy (non-hydrogen) atoms. The highest BCUT2D eigenvalue weighted by Gasteiger charge is 2.33. The molecule has 1 saturated heterocycles. The number of thioether (sulfide) groups is 1. The van der Waals surface area contributed by atoms with Crippen molar-refractivity contribution in [1.82, 2.24) is 9.88 Å². The van der Waals surface area contributed by atoms with Gasteiger partial charge in [-0.2, -0.15) is 0 Å². The van der Waals surface area contributed by atoms with Crippen LogP contribution in [0.4, 0.5) is 0 Å². The van der Waals surface area contributed by atoms with Crippen molar-refractivity contribution < 1.29 is 14.7 Å². The zero-order chi connectivity index (χ0) is 15.9. The third-order valence-electron chi connectivity index (χ3n) is 3.13. The number of hydrogen-bond donors (Lipinski definition) is 2. The second-order valence-electron chi connectivity index (χ2n) is 4.60. The lowest BCUT2D eigenvalue weighted by Crippen LogP contribution is -2.33. The molecule has 0 aliphatic carbocycles. The van der Waals surface area contributed by atoms with E-state index in [4.69, 9.17) is 17.3 Å². The summed E-state index contributed by atoms with van der Waals surface area (Å²) >= 11 is 9.61. The number of carboxylic acid groups (broad SMARTS) is 1. The number of aromatic amines is 1. The van der Waals surface area contributed by atoms with Crippen molar-refractivity contribution in [3.05, 3.63) is 39.3 Å². The van der Waals surface area contributed by atoms with Crippen LogP contribution in [0, 0.1) is 0 Å². The van der Waals surface area contributed by atoms with Gasteiger partial charge in [0.15, 0.2) is 0 Å². The standard InChI is InChI=1S/C14H9BrN2O3S2/c15-8-1-2-10-9(4-8)7(5-16-10)3-11-13(20)17(6-12(18)19)14(21)22-11/h1-5,16H,6H2,(H,18,19). The Hall–Kier alpha value is -1.64. The number of nitrogens with one attached hydrogen (secondary N) is 1. The summed E-state index contributed by atoms with van der Waals surface area (Å²) < 4.78 is 1.20. The van der Waals surface area contributed by atoms with E-state index in [1.165, 1.54) is 0 Å². The number of nitrogens with zero attached hydrogens (tertiary/aromatic N) is 1. The number of carbonyl (C=O) groups excluding carboxylic acids is 1. The molecule has 0 spiro atoms. The lowest BCUT2D eigenvalue weighted by Gasteiger charge is -2.10. The number of fused-ring (bicyclic) bond motifs is 1. The molecule has 112 valence electrons. The number of aliphatic carboxylic acids is 1. The molecule has 1 aromatic heterocycles. The number of rotatable bonds is 3. The van der Waals surface area contributed by atoms with Gasteiger partial charge in [0.2, 0.25) is 0 Å². The maximum absolute atomic E-state index is 12.2. The lowest BCUT2D eigenvalue weighted by atomic mass is 10.1. The van der Waals surface area contributed by atoms with Gasteiger partial charge in [0.05, 0.1) is 4.91 Å². The summed E-state index contributed by atoms with van der Waals surface area (Å²) in [6.07, 6.45) is 3.53. The maximum Gasteiger partial charge on any atom is 0.323 e. The van der Waals surface area contributed by atoms with Crippen LogP contribution >= 0.6 is 39.9 Å². The Labute approximate surface area is 143 Å². The molecular formula is C14H9BrN2O3S2. The third kappa shape index (κ3) is 2.81. The molecule has 1 aromatic carbocycles. The minimum Gasteiger partial charge on any atom is -0.480 e. The SMILES string of the molecule is O=C(O)CN1C(=O)C(=Cc2c[nH]c3ccc(Br)cc23)SC1=S. The molecule has 0 unspecified atom stereocenters. The normalized spacial score (nSPS) is 17.0. The number of H-pyrrole nitrogens is 1. The average Bonchev–Trinajstić information content (AvgIpc) is 2.95. The number of carbonyl (C=O) groups is 2. The summed E-state index contributed by atoms with van der Waals surface area (Å²) in [6.45, 7) is -0.415. The van der Waals surface area contributed by atoms with Gasteiger partial charge in [-0.1, -0.05) is 39.9 Å². The monoisotopic (exact) mass is 396 g/mol. The smallest absolute Gasteiger partial charge is 0.323 e. The zero-order valence-electron chi connectivity index (χ0n) is 11.0. The van der Waals surface area contributed by atoms with Crippen LogP contribution in [-0.4, -0.2) is 37.7 Å². The number of halogens is 1. The van der Waals surface area contributed by atoms with Gasteiger partial charge in [-0.3, -0.25) is 14.5 Å². The van der Waals surface area contributed by atoms with Gasteiger partial charge in [-0.25, -0.2) is 0 Å². The Morgan fingerprint density at radius 2 is 2.27 bits per heavy atom. The molecule has 5 nitrogen and oxygen atoms in total. The van der Waals surface area contributed by atoms with Crippen LogP contribution in [0.2, 0.25) is 0 Å². The molecular weight excluding hydrogens is 388 g/mol. The van der Waals surface area contributed by atoms with Gasteiger partial charge < -0.3 is 10.1 Å². The van der Waals surface area contributed by atoms with Crippen LogP contribution in [0.15, 0.2) is 33.8 Å². The van der Waals surface area contributed by atoms with Crippen molar-refractivity contribution in [3.8, 4) is 0 Å². The highest BCUT2D eigenvalue weighted by Crippen LogP contribution is 2.34. The molecule has 1 aliphatic rings. The lowest BCUT2D eigenvalue weighted by molar-refractivity contribution is -0.140. The van der Waals surface area contributed by atoms with Crippen molar-refractivity contribution in [1.29, 1.82) is 0 Å². The van der Waals surface area contributed by atoms with Crippen LogP contribution < -0.4 is 0 Å². The van der Waals surface area contributed by atoms with Gasteiger partial charge in [0.1, 0.15) is 10.9 Å². The summed E-state index contributed by atoms with van der Waals surface area (Å²) in [5, 5.41) is 9.80. The number of thiocarbonyl (C=S) groups is 1. The first-order chi connectivity index (χ1) is 10.5. The second kappa shape index (κ2) is 5.86. The summed E-state index contributed by atoms with van der Waals surface area (Å²) in [5.41, 5.74) is 1.81.